The maximum absolute atomic E-state index is 17.3. The lowest BCUT2D eigenvalue weighted by molar-refractivity contribution is -0.510. The Balaban J connectivity index is 9.17. The number of rotatable bonds is 46. The molecule has 91 heavy (non-hydrogen) atoms. The lowest BCUT2D eigenvalue weighted by Crippen LogP contribution is -2.67. The molecule has 0 rings (SSSR count). The molecule has 0 aliphatic heterocycles. The van der Waals surface area contributed by atoms with E-state index in [-0.39, 0.29) is 0 Å². The number of hydrogen-bond donors (Lipinski definition) is 0. The second-order valence-corrected chi connectivity index (χ2v) is 17.6. The summed E-state index contributed by atoms with van der Waals surface area (Å²) in [6.07, 6.45) is -56.6. The van der Waals surface area contributed by atoms with Gasteiger partial charge in [0.05, 0.1) is 45.7 Å². The Hall–Kier alpha value is -6.84. The number of carbonyl (C=O) groups excluding carboxylic acids is 6. The van der Waals surface area contributed by atoms with Crippen molar-refractivity contribution in [2.45, 2.75) is 79.8 Å². The summed E-state index contributed by atoms with van der Waals surface area (Å²) < 4.78 is 442. The second-order valence-electron chi connectivity index (χ2n) is 17.6. The van der Waals surface area contributed by atoms with Crippen LogP contribution in [0.2, 0.25) is 0 Å². The zero-order chi connectivity index (χ0) is 71.4. The van der Waals surface area contributed by atoms with Gasteiger partial charge in [-0.2, -0.15) is 87.8 Å². The van der Waals surface area contributed by atoms with Crippen LogP contribution in [0.15, 0.2) is 74.4 Å². The van der Waals surface area contributed by atoms with Crippen LogP contribution in [-0.4, -0.2) is 182 Å². The Morgan fingerprint density at radius 2 is 0.462 bits per heavy atom. The Morgan fingerprint density at radius 3 is 0.670 bits per heavy atom. The number of hydrogen-bond acceptors (Lipinski definition) is 19. The summed E-state index contributed by atoms with van der Waals surface area (Å²) in [6, 6.07) is 0. The first-order chi connectivity index (χ1) is 40.9. The Bertz CT molecular complexity index is 2510. The third-order valence-corrected chi connectivity index (χ3v) is 10.00. The van der Waals surface area contributed by atoms with Gasteiger partial charge < -0.3 is 47.4 Å². The average molecular weight is 1390 g/mol. The molecule has 19 nitrogen and oxygen atoms in total. The smallest absolute Gasteiger partial charge is 0.378 e. The van der Waals surface area contributed by atoms with E-state index in [1.807, 2.05) is 0 Å². The summed E-state index contributed by atoms with van der Waals surface area (Å²) in [5.41, 5.74) is -13.1. The molecule has 0 radical (unpaired) electrons. The molecular weight excluding hydrogens is 1350 g/mol. The van der Waals surface area contributed by atoms with Crippen LogP contribution in [0.25, 0.3) is 0 Å². The van der Waals surface area contributed by atoms with Gasteiger partial charge in [0.25, 0.3) is 0 Å². The number of ether oxygens (including phenoxy) is 13. The summed E-state index contributed by atoms with van der Waals surface area (Å²) >= 11 is 0. The van der Waals surface area contributed by atoms with E-state index in [1.54, 1.807) is 0 Å². The van der Waals surface area contributed by atoms with Crippen LogP contribution in [0.3, 0.4) is 0 Å². The Morgan fingerprint density at radius 1 is 0.264 bits per heavy atom. The number of halogens is 26. The van der Waals surface area contributed by atoms with Crippen LogP contribution in [0.5, 0.6) is 0 Å². The van der Waals surface area contributed by atoms with Gasteiger partial charge in [-0.05, 0) is 0 Å². The van der Waals surface area contributed by atoms with Crippen molar-refractivity contribution in [3.05, 3.63) is 74.4 Å². The largest absolute Gasteiger partial charge is 0.460 e. The van der Waals surface area contributed by atoms with E-state index in [0.717, 1.165) is 0 Å². The molecule has 0 aliphatic rings. The summed E-state index contributed by atoms with van der Waals surface area (Å²) in [5, 5.41) is 0. The lowest BCUT2D eigenvalue weighted by atomic mass is 9.84. The molecule has 0 bridgehead atoms. The standard InChI is InChI=1S/C46H44F26O19/c1-23(47)29(73)82-10-7-40(59,60)89-44(67,68)35(13-79-17-37(53,54)20-85-32(76)26(4)50,14-80-18-38(55,56)21-86-33(77)27(5)51)43(65,66)88-16-36(15-81-19-39(57,58)22-87-34(78)28(6)52,45(69,70)90-41(61,62)8-11-83-30(74)24(2)48)46(71,72)91-42(63,64)9-12-84-31(75)25(3)49/h1-22H2. The highest BCUT2D eigenvalue weighted by Crippen LogP contribution is 2.58. The van der Waals surface area contributed by atoms with Crippen LogP contribution in [-0.2, 0) is 90.3 Å². The van der Waals surface area contributed by atoms with Gasteiger partial charge >= 0.3 is 96.3 Å². The van der Waals surface area contributed by atoms with Crippen molar-refractivity contribution in [2.75, 3.05) is 85.9 Å². The van der Waals surface area contributed by atoms with Crippen molar-refractivity contribution in [2.24, 2.45) is 10.8 Å². The first kappa shape index (κ1) is 84.2. The maximum atomic E-state index is 17.3. The van der Waals surface area contributed by atoms with Crippen LogP contribution >= 0.6 is 0 Å². The van der Waals surface area contributed by atoms with Crippen molar-refractivity contribution in [3.8, 4) is 0 Å². The molecule has 0 atom stereocenters. The van der Waals surface area contributed by atoms with Gasteiger partial charge in [0.1, 0.15) is 39.6 Å². The fourth-order valence-corrected chi connectivity index (χ4v) is 5.47. The minimum absolute atomic E-state index is 2.15. The monoisotopic (exact) mass is 1390 g/mol. The predicted octanol–water partition coefficient (Wildman–Crippen LogP) is 10.5. The fourth-order valence-electron chi connectivity index (χ4n) is 5.47. The van der Waals surface area contributed by atoms with Crippen LogP contribution < -0.4 is 0 Å². The van der Waals surface area contributed by atoms with Crippen molar-refractivity contribution in [1.82, 2.24) is 0 Å². The Labute approximate surface area is 491 Å². The summed E-state index contributed by atoms with van der Waals surface area (Å²) in [7, 11) is 0. The molecule has 0 aromatic carbocycles. The van der Waals surface area contributed by atoms with E-state index in [1.165, 1.54) is 0 Å². The molecule has 0 aliphatic carbocycles. The minimum Gasteiger partial charge on any atom is -0.460 e. The van der Waals surface area contributed by atoms with Gasteiger partial charge in [-0.15, -0.1) is 0 Å². The summed E-state index contributed by atoms with van der Waals surface area (Å²) in [5.74, 6) is -43.2. The highest BCUT2D eigenvalue weighted by molar-refractivity contribution is 5.87. The molecule has 0 spiro atoms. The maximum Gasteiger partial charge on any atom is 0.378 e. The van der Waals surface area contributed by atoms with Crippen molar-refractivity contribution in [3.63, 3.8) is 0 Å². The van der Waals surface area contributed by atoms with E-state index >= 15 is 61.5 Å². The number of esters is 6. The molecule has 0 saturated heterocycles. The topological polar surface area (TPSA) is 222 Å². The van der Waals surface area contributed by atoms with Crippen molar-refractivity contribution >= 4 is 35.8 Å². The van der Waals surface area contributed by atoms with E-state index in [9.17, 15) is 81.5 Å². The quantitative estimate of drug-likeness (QED) is 0.0239. The molecule has 0 fully saturated rings. The summed E-state index contributed by atoms with van der Waals surface area (Å²) in [4.78, 5) is 68.4. The highest BCUT2D eigenvalue weighted by atomic mass is 19.3. The molecule has 0 amide bonds. The molecule has 524 valence electrons. The molecule has 0 aromatic rings. The first-order valence-corrected chi connectivity index (χ1v) is 23.3. The lowest BCUT2D eigenvalue weighted by Gasteiger charge is -2.47. The SMILES string of the molecule is C=C(F)C(=O)OCCC(F)(F)OC(F)(F)C(COCC(F)(F)COC(=O)C(=C)F)(COCC(F)(F)COC(=O)C(=C)F)C(F)(F)OCC(COCC(F)(F)COC(=O)C(=C)F)(C(F)(F)OC(F)(F)CCOC(=O)C(=C)F)C(F)(F)OC(F)(F)CCOC(=O)C(=C)F. The average Bonchev–Trinajstić information content (AvgIpc) is 0.734. The molecule has 0 heterocycles. The summed E-state index contributed by atoms with van der Waals surface area (Å²) in [6.45, 7) is -25.4. The molecule has 0 aromatic heterocycles. The third-order valence-electron chi connectivity index (χ3n) is 10.00. The van der Waals surface area contributed by atoms with Gasteiger partial charge in [-0.1, -0.05) is 39.5 Å². The molecule has 0 saturated carbocycles. The molecule has 0 unspecified atom stereocenters. The molecule has 0 N–H and O–H groups in total. The van der Waals surface area contributed by atoms with Gasteiger partial charge in [-0.25, -0.2) is 55.1 Å². The van der Waals surface area contributed by atoms with E-state index in [2.05, 4.69) is 101 Å². The number of carbonyl (C=O) groups is 6. The third kappa shape index (κ3) is 27.5. The van der Waals surface area contributed by atoms with Gasteiger partial charge in [0.2, 0.25) is 35.0 Å². The minimum atomic E-state index is -7.51. The van der Waals surface area contributed by atoms with E-state index in [4.69, 9.17) is 0 Å². The zero-order valence-corrected chi connectivity index (χ0v) is 45.1. The first-order valence-electron chi connectivity index (χ1n) is 23.3. The van der Waals surface area contributed by atoms with Crippen LogP contribution in [0.4, 0.5) is 114 Å². The van der Waals surface area contributed by atoms with Crippen LogP contribution in [0, 0.1) is 10.8 Å². The van der Waals surface area contributed by atoms with Crippen molar-refractivity contribution in [1.29, 1.82) is 0 Å². The van der Waals surface area contributed by atoms with Crippen LogP contribution in [0.1, 0.15) is 19.3 Å². The molecule has 45 heteroatoms. The normalized spacial score (nSPS) is 13.4. The fraction of sp³-hybridized carbons (Fsp3) is 0.609. The Kier molecular flexibility index (Phi) is 30.6. The number of alkyl halides is 20. The second kappa shape index (κ2) is 33.1. The molecular formula is C46H44F26O19. The van der Waals surface area contributed by atoms with E-state index in [0.29, 0.717) is 0 Å². The van der Waals surface area contributed by atoms with Gasteiger partial charge in [-0.3, -0.25) is 14.2 Å². The predicted molar refractivity (Wildman–Crippen MR) is 237 cm³/mol. The van der Waals surface area contributed by atoms with Gasteiger partial charge in [0, 0.05) is 0 Å². The van der Waals surface area contributed by atoms with Crippen molar-refractivity contribution < 1.29 is 204 Å². The zero-order valence-electron chi connectivity index (χ0n) is 45.1. The van der Waals surface area contributed by atoms with E-state index < -0.39 is 247 Å². The van der Waals surface area contributed by atoms with Gasteiger partial charge in [0.15, 0.2) is 30.7 Å². The highest BCUT2D eigenvalue weighted by Gasteiger charge is 2.78.